The van der Waals surface area contributed by atoms with Gasteiger partial charge in [0.1, 0.15) is 6.54 Å². The van der Waals surface area contributed by atoms with Crippen LogP contribution in [0.2, 0.25) is 5.02 Å². The summed E-state index contributed by atoms with van der Waals surface area (Å²) >= 11 is 5.87. The zero-order chi connectivity index (χ0) is 15.4. The maximum atomic E-state index is 12.5. The molecule has 0 spiro atoms. The molecule has 0 radical (unpaired) electrons. The molecule has 3 rings (SSSR count). The van der Waals surface area contributed by atoms with Crippen LogP contribution in [0.4, 0.5) is 5.69 Å². The Kier molecular flexibility index (Phi) is 4.76. The first-order valence-electron chi connectivity index (χ1n) is 7.68. The number of halogens is 1. The van der Waals surface area contributed by atoms with E-state index < -0.39 is 0 Å². The van der Waals surface area contributed by atoms with Gasteiger partial charge in [0.25, 0.3) is 5.91 Å². The maximum absolute atomic E-state index is 12.5. The van der Waals surface area contributed by atoms with E-state index >= 15 is 0 Å². The lowest BCUT2D eigenvalue weighted by Gasteiger charge is -2.28. The van der Waals surface area contributed by atoms with Crippen LogP contribution in [0.1, 0.15) is 17.5 Å². The molecule has 2 aromatic rings. The molecule has 3 nitrogen and oxygen atoms in total. The lowest BCUT2D eigenvalue weighted by Crippen LogP contribution is -2.85. The zero-order valence-corrected chi connectivity index (χ0v) is 13.2. The van der Waals surface area contributed by atoms with Crippen molar-refractivity contribution in [3.05, 3.63) is 64.7 Å². The molecule has 22 heavy (non-hydrogen) atoms. The molecule has 0 unspecified atom stereocenters. The van der Waals surface area contributed by atoms with Crippen LogP contribution in [0, 0.1) is 0 Å². The molecule has 0 aliphatic carbocycles. The molecule has 1 aliphatic heterocycles. The van der Waals surface area contributed by atoms with Gasteiger partial charge in [-0.3, -0.25) is 4.79 Å². The molecule has 1 heterocycles. The van der Waals surface area contributed by atoms with Crippen molar-refractivity contribution >= 4 is 23.2 Å². The molecule has 4 heteroatoms. The van der Waals surface area contributed by atoms with Crippen molar-refractivity contribution in [3.8, 4) is 0 Å². The van der Waals surface area contributed by atoms with Gasteiger partial charge in [0.05, 0.1) is 0 Å². The third kappa shape index (κ3) is 3.49. The van der Waals surface area contributed by atoms with Gasteiger partial charge in [-0.2, -0.15) is 0 Å². The van der Waals surface area contributed by atoms with Crippen molar-refractivity contribution in [3.63, 3.8) is 0 Å². The van der Waals surface area contributed by atoms with Crippen molar-refractivity contribution in [1.29, 1.82) is 0 Å². The third-order valence-electron chi connectivity index (χ3n) is 4.02. The van der Waals surface area contributed by atoms with E-state index in [9.17, 15) is 4.79 Å². The van der Waals surface area contributed by atoms with Crippen molar-refractivity contribution in [2.75, 3.05) is 18.0 Å². The number of amides is 1. The molecule has 2 aromatic carbocycles. The predicted octanol–water partition coefficient (Wildman–Crippen LogP) is 2.38. The second-order valence-corrected chi connectivity index (χ2v) is 6.04. The van der Waals surface area contributed by atoms with Crippen LogP contribution in [0.3, 0.4) is 0 Å². The zero-order valence-electron chi connectivity index (χ0n) is 12.5. The van der Waals surface area contributed by atoms with E-state index in [4.69, 9.17) is 11.6 Å². The number of aryl methyl sites for hydroxylation is 1. The Balaban J connectivity index is 1.58. The summed E-state index contributed by atoms with van der Waals surface area (Å²) in [5.41, 5.74) is 3.54. The molecular weight excluding hydrogens is 296 g/mol. The van der Waals surface area contributed by atoms with Crippen LogP contribution in [0.25, 0.3) is 0 Å². The summed E-state index contributed by atoms with van der Waals surface area (Å²) in [5, 5.41) is 2.78. The molecule has 0 fully saturated rings. The summed E-state index contributed by atoms with van der Waals surface area (Å²) in [6.45, 7) is 2.08. The fraction of sp³-hybridized carbons (Fsp3) is 0.278. The van der Waals surface area contributed by atoms with E-state index in [0.717, 1.165) is 36.6 Å². The number of hydrogen-bond acceptors (Lipinski definition) is 1. The Morgan fingerprint density at radius 1 is 1.14 bits per heavy atom. The van der Waals surface area contributed by atoms with Gasteiger partial charge in [-0.1, -0.05) is 41.9 Å². The van der Waals surface area contributed by atoms with Gasteiger partial charge in [0.2, 0.25) is 0 Å². The highest BCUT2D eigenvalue weighted by molar-refractivity contribution is 6.30. The van der Waals surface area contributed by atoms with Crippen LogP contribution in [0.5, 0.6) is 0 Å². The number of benzene rings is 2. The Labute approximate surface area is 135 Å². The minimum Gasteiger partial charge on any atom is -0.335 e. The molecular formula is C18H20ClN2O+. The molecule has 0 atom stereocenters. The number of carbonyl (C=O) groups is 1. The van der Waals surface area contributed by atoms with E-state index in [1.807, 2.05) is 52.7 Å². The maximum Gasteiger partial charge on any atom is 0.282 e. The van der Waals surface area contributed by atoms with Crippen LogP contribution in [-0.2, 0) is 17.8 Å². The van der Waals surface area contributed by atoms with E-state index in [1.54, 1.807) is 0 Å². The van der Waals surface area contributed by atoms with E-state index in [2.05, 4.69) is 6.07 Å². The summed E-state index contributed by atoms with van der Waals surface area (Å²) in [6, 6.07) is 16.0. The topological polar surface area (TPSA) is 36.9 Å². The number of fused-ring (bicyclic) bond motifs is 1. The van der Waals surface area contributed by atoms with Crippen LogP contribution < -0.4 is 10.2 Å². The van der Waals surface area contributed by atoms with Gasteiger partial charge in [-0.25, -0.2) is 0 Å². The number of anilines is 1. The number of hydrogen-bond donors (Lipinski definition) is 1. The molecule has 114 valence electrons. The smallest absolute Gasteiger partial charge is 0.282 e. The highest BCUT2D eigenvalue weighted by Crippen LogP contribution is 2.26. The van der Waals surface area contributed by atoms with Gasteiger partial charge in [-0.05, 0) is 36.6 Å². The minimum atomic E-state index is 0.182. The van der Waals surface area contributed by atoms with Crippen molar-refractivity contribution in [1.82, 2.24) is 0 Å². The molecule has 2 N–H and O–H groups in total. The SMILES string of the molecule is O=C(C[NH2+]Cc1ccc(Cl)cc1)N1CCCc2ccccc21. The minimum absolute atomic E-state index is 0.182. The van der Waals surface area contributed by atoms with E-state index in [0.29, 0.717) is 6.54 Å². The Hall–Kier alpha value is -1.84. The van der Waals surface area contributed by atoms with Gasteiger partial charge in [-0.15, -0.1) is 0 Å². The number of quaternary nitrogens is 1. The van der Waals surface area contributed by atoms with Gasteiger partial charge in [0, 0.05) is 22.8 Å². The van der Waals surface area contributed by atoms with Gasteiger partial charge >= 0.3 is 0 Å². The van der Waals surface area contributed by atoms with Gasteiger partial charge in [0.15, 0.2) is 6.54 Å². The Morgan fingerprint density at radius 2 is 1.91 bits per heavy atom. The fourth-order valence-electron chi connectivity index (χ4n) is 2.89. The quantitative estimate of drug-likeness (QED) is 0.924. The number of carbonyl (C=O) groups excluding carboxylic acids is 1. The molecule has 0 bridgehead atoms. The summed E-state index contributed by atoms with van der Waals surface area (Å²) in [5.74, 6) is 0.182. The highest BCUT2D eigenvalue weighted by atomic mass is 35.5. The molecule has 1 amide bonds. The second kappa shape index (κ2) is 6.95. The highest BCUT2D eigenvalue weighted by Gasteiger charge is 2.22. The van der Waals surface area contributed by atoms with Gasteiger partial charge < -0.3 is 10.2 Å². The van der Waals surface area contributed by atoms with Crippen molar-refractivity contribution < 1.29 is 10.1 Å². The number of para-hydroxylation sites is 1. The summed E-state index contributed by atoms with van der Waals surface area (Å²) in [6.07, 6.45) is 2.11. The van der Waals surface area contributed by atoms with E-state index in [1.165, 1.54) is 11.1 Å². The lowest BCUT2D eigenvalue weighted by atomic mass is 10.0. The number of rotatable bonds is 4. The predicted molar refractivity (Wildman–Crippen MR) is 89.1 cm³/mol. The first-order chi connectivity index (χ1) is 10.7. The molecule has 0 saturated carbocycles. The second-order valence-electron chi connectivity index (χ2n) is 5.60. The molecule has 0 aromatic heterocycles. The summed E-state index contributed by atoms with van der Waals surface area (Å²) < 4.78 is 0. The average molecular weight is 316 g/mol. The molecule has 1 aliphatic rings. The monoisotopic (exact) mass is 315 g/mol. The van der Waals surface area contributed by atoms with Crippen LogP contribution in [-0.4, -0.2) is 19.0 Å². The fourth-order valence-corrected chi connectivity index (χ4v) is 3.01. The van der Waals surface area contributed by atoms with Crippen molar-refractivity contribution in [2.45, 2.75) is 19.4 Å². The summed E-state index contributed by atoms with van der Waals surface area (Å²) in [4.78, 5) is 14.4. The van der Waals surface area contributed by atoms with Crippen LogP contribution in [0.15, 0.2) is 48.5 Å². The van der Waals surface area contributed by atoms with Crippen LogP contribution >= 0.6 is 11.6 Å². The standard InChI is InChI=1S/C18H19ClN2O/c19-16-9-7-14(8-10-16)12-20-13-18(22)21-11-3-5-15-4-1-2-6-17(15)21/h1-2,4,6-10,20H,3,5,11-13H2/p+1. The molecule has 0 saturated heterocycles. The first kappa shape index (κ1) is 15.1. The largest absolute Gasteiger partial charge is 0.335 e. The first-order valence-corrected chi connectivity index (χ1v) is 8.06. The summed E-state index contributed by atoms with van der Waals surface area (Å²) in [7, 11) is 0. The third-order valence-corrected chi connectivity index (χ3v) is 4.28. The Bertz CT molecular complexity index is 654. The number of nitrogens with two attached hydrogens (primary N) is 1. The lowest BCUT2D eigenvalue weighted by molar-refractivity contribution is -0.659. The Morgan fingerprint density at radius 3 is 2.73 bits per heavy atom. The normalized spacial score (nSPS) is 13.8. The average Bonchev–Trinajstić information content (AvgIpc) is 2.56. The van der Waals surface area contributed by atoms with Crippen molar-refractivity contribution in [2.24, 2.45) is 0 Å². The number of nitrogens with zero attached hydrogens (tertiary/aromatic N) is 1. The van der Waals surface area contributed by atoms with E-state index in [-0.39, 0.29) is 5.91 Å².